The lowest BCUT2D eigenvalue weighted by Crippen LogP contribution is -2.28. The molecule has 5 N–H and O–H groups in total. The van der Waals surface area contributed by atoms with E-state index in [2.05, 4.69) is 15.3 Å². The average molecular weight is 388 g/mol. The maximum atomic E-state index is 12.6. The zero-order valence-corrected chi connectivity index (χ0v) is 15.6. The molecule has 29 heavy (non-hydrogen) atoms. The van der Waals surface area contributed by atoms with Gasteiger partial charge in [-0.25, -0.2) is 9.97 Å². The first kappa shape index (κ1) is 18.4. The number of carbonyl (C=O) groups excluding carboxylic acids is 1. The molecule has 0 saturated heterocycles. The van der Waals surface area contributed by atoms with Crippen molar-refractivity contribution in [1.82, 2.24) is 14.9 Å². The molecule has 4 rings (SSSR count). The lowest BCUT2D eigenvalue weighted by Gasteiger charge is -2.16. The van der Waals surface area contributed by atoms with Gasteiger partial charge in [0.05, 0.1) is 5.52 Å². The highest BCUT2D eigenvalue weighted by atomic mass is 16.3. The fraction of sp³-hybridized carbons (Fsp3) is 0.143. The highest BCUT2D eigenvalue weighted by Crippen LogP contribution is 2.24. The number of benzene rings is 2. The number of amidine groups is 1. The van der Waals surface area contributed by atoms with E-state index in [1.165, 1.54) is 12.4 Å². The average Bonchev–Trinajstić information content (AvgIpc) is 3.27. The number of aromatic hydroxyl groups is 1. The number of hydrogen-bond donors (Lipinski definition) is 4. The number of hydrogen-bond acceptors (Lipinski definition) is 6. The van der Waals surface area contributed by atoms with E-state index >= 15 is 0 Å². The Morgan fingerprint density at radius 3 is 2.66 bits per heavy atom. The molecule has 8 nitrogen and oxygen atoms in total. The number of nitrogens with one attached hydrogen (secondary N) is 2. The molecule has 0 radical (unpaired) electrons. The number of fused-ring (bicyclic) bond motifs is 1. The molecular weight excluding hydrogens is 368 g/mol. The van der Waals surface area contributed by atoms with Gasteiger partial charge in [-0.2, -0.15) is 0 Å². The van der Waals surface area contributed by atoms with Crippen molar-refractivity contribution in [2.75, 3.05) is 18.4 Å². The monoisotopic (exact) mass is 388 g/mol. The molecule has 0 saturated carbocycles. The Morgan fingerprint density at radius 2 is 1.90 bits per heavy atom. The molecule has 1 aromatic heterocycles. The second kappa shape index (κ2) is 7.59. The van der Waals surface area contributed by atoms with Gasteiger partial charge in [-0.1, -0.05) is 12.2 Å². The number of nitrogen functional groups attached to an aromatic ring is 1. The van der Waals surface area contributed by atoms with Crippen LogP contribution in [0.2, 0.25) is 0 Å². The van der Waals surface area contributed by atoms with Crippen molar-refractivity contribution in [2.45, 2.75) is 6.54 Å². The molecule has 0 unspecified atom stereocenters. The van der Waals surface area contributed by atoms with Crippen LogP contribution >= 0.6 is 0 Å². The second-order valence-electron chi connectivity index (χ2n) is 6.75. The number of anilines is 1. The van der Waals surface area contributed by atoms with Crippen molar-refractivity contribution in [2.24, 2.45) is 5.73 Å². The zero-order chi connectivity index (χ0) is 20.4. The number of phenolic OH excluding ortho intramolecular Hbond substituents is 1. The third-order valence-corrected chi connectivity index (χ3v) is 4.83. The molecule has 146 valence electrons. The van der Waals surface area contributed by atoms with Gasteiger partial charge in [0, 0.05) is 41.7 Å². The van der Waals surface area contributed by atoms with Crippen LogP contribution in [0.25, 0.3) is 10.9 Å². The number of phenols is 1. The minimum atomic E-state index is -0.0656. The molecule has 2 aromatic carbocycles. The minimum Gasteiger partial charge on any atom is -0.508 e. The van der Waals surface area contributed by atoms with Crippen molar-refractivity contribution in [1.29, 1.82) is 5.41 Å². The summed E-state index contributed by atoms with van der Waals surface area (Å²) in [5, 5.41) is 21.6. The van der Waals surface area contributed by atoms with E-state index in [-0.39, 0.29) is 17.5 Å². The largest absolute Gasteiger partial charge is 0.508 e. The molecule has 0 spiro atoms. The molecule has 0 atom stereocenters. The van der Waals surface area contributed by atoms with E-state index < -0.39 is 0 Å². The summed E-state index contributed by atoms with van der Waals surface area (Å²) < 4.78 is 0. The van der Waals surface area contributed by atoms with Crippen LogP contribution in [-0.2, 0) is 6.54 Å². The lowest BCUT2D eigenvalue weighted by molar-refractivity contribution is 0.0800. The zero-order valence-electron chi connectivity index (χ0n) is 15.6. The van der Waals surface area contributed by atoms with Crippen LogP contribution < -0.4 is 11.1 Å². The molecular formula is C21H20N6O2. The Balaban J connectivity index is 1.58. The smallest absolute Gasteiger partial charge is 0.254 e. The van der Waals surface area contributed by atoms with Crippen molar-refractivity contribution in [3.8, 4) is 5.75 Å². The summed E-state index contributed by atoms with van der Waals surface area (Å²) in [5.41, 5.74) is 7.89. The summed E-state index contributed by atoms with van der Waals surface area (Å²) in [6.07, 6.45) is 5.38. The van der Waals surface area contributed by atoms with Crippen molar-refractivity contribution >= 4 is 28.5 Å². The summed E-state index contributed by atoms with van der Waals surface area (Å²) in [6, 6.07) is 10.1. The maximum Gasteiger partial charge on any atom is 0.254 e. The van der Waals surface area contributed by atoms with Gasteiger partial charge in [-0.15, -0.1) is 0 Å². The van der Waals surface area contributed by atoms with Crippen molar-refractivity contribution in [3.05, 3.63) is 71.6 Å². The first-order valence-corrected chi connectivity index (χ1v) is 9.12. The molecule has 0 bridgehead atoms. The van der Waals surface area contributed by atoms with Gasteiger partial charge < -0.3 is 21.1 Å². The molecule has 1 aliphatic rings. The Morgan fingerprint density at radius 1 is 1.14 bits per heavy atom. The summed E-state index contributed by atoms with van der Waals surface area (Å²) in [6.45, 7) is 1.53. The van der Waals surface area contributed by atoms with Crippen LogP contribution in [0, 0.1) is 5.41 Å². The fourth-order valence-electron chi connectivity index (χ4n) is 3.23. The van der Waals surface area contributed by atoms with Crippen LogP contribution in [0.4, 0.5) is 5.82 Å². The van der Waals surface area contributed by atoms with E-state index in [9.17, 15) is 9.90 Å². The van der Waals surface area contributed by atoms with Gasteiger partial charge in [0.2, 0.25) is 0 Å². The standard InChI is InChI=1S/C21H20N6O2/c22-19(23)13-4-6-18(28)15(9-13)11-24-20-16-5-3-14(10-17(16)25-12-26-20)21(29)27-7-1-2-8-27/h1-6,9-10,12,28H,7-8,11H2,(H3,22,23)(H,24,25,26). The van der Waals surface area contributed by atoms with Crippen LogP contribution in [-0.4, -0.2) is 44.8 Å². The van der Waals surface area contributed by atoms with Gasteiger partial charge >= 0.3 is 0 Å². The van der Waals surface area contributed by atoms with Crippen molar-refractivity contribution < 1.29 is 9.90 Å². The van der Waals surface area contributed by atoms with Gasteiger partial charge in [-0.3, -0.25) is 10.2 Å². The van der Waals surface area contributed by atoms with E-state index in [1.807, 2.05) is 18.2 Å². The summed E-state index contributed by atoms with van der Waals surface area (Å²) in [7, 11) is 0. The summed E-state index contributed by atoms with van der Waals surface area (Å²) in [5.74, 6) is 0.595. The lowest BCUT2D eigenvalue weighted by atomic mass is 10.1. The number of nitrogens with two attached hydrogens (primary N) is 1. The highest BCUT2D eigenvalue weighted by molar-refractivity contribution is 6.00. The summed E-state index contributed by atoms with van der Waals surface area (Å²) in [4.78, 5) is 22.9. The molecule has 0 fully saturated rings. The topological polar surface area (TPSA) is 128 Å². The van der Waals surface area contributed by atoms with E-state index in [0.29, 0.717) is 47.7 Å². The van der Waals surface area contributed by atoms with Crippen molar-refractivity contribution in [3.63, 3.8) is 0 Å². The molecule has 2 heterocycles. The predicted octanol–water partition coefficient (Wildman–Crippen LogP) is 2.24. The predicted molar refractivity (Wildman–Crippen MR) is 111 cm³/mol. The highest BCUT2D eigenvalue weighted by Gasteiger charge is 2.17. The number of amides is 1. The van der Waals surface area contributed by atoms with Crippen LogP contribution in [0.15, 0.2) is 54.9 Å². The second-order valence-corrected chi connectivity index (χ2v) is 6.75. The third-order valence-electron chi connectivity index (χ3n) is 4.83. The van der Waals surface area contributed by atoms with Gasteiger partial charge in [0.15, 0.2) is 0 Å². The first-order chi connectivity index (χ1) is 14.0. The van der Waals surface area contributed by atoms with E-state index in [1.54, 1.807) is 29.2 Å². The maximum absolute atomic E-state index is 12.6. The first-order valence-electron chi connectivity index (χ1n) is 9.12. The summed E-state index contributed by atoms with van der Waals surface area (Å²) >= 11 is 0. The Hall–Kier alpha value is -3.94. The quantitative estimate of drug-likeness (QED) is 0.301. The molecule has 1 aliphatic heterocycles. The Labute approximate surface area is 167 Å². The number of nitrogens with zero attached hydrogens (tertiary/aromatic N) is 3. The van der Waals surface area contributed by atoms with Gasteiger partial charge in [0.1, 0.15) is 23.7 Å². The van der Waals surface area contributed by atoms with Gasteiger partial charge in [0.25, 0.3) is 5.91 Å². The number of aromatic nitrogens is 2. The Kier molecular flexibility index (Phi) is 4.82. The minimum absolute atomic E-state index is 0.0315. The molecule has 8 heteroatoms. The number of carbonyl (C=O) groups is 1. The third kappa shape index (κ3) is 3.73. The van der Waals surface area contributed by atoms with Gasteiger partial charge in [-0.05, 0) is 36.4 Å². The van der Waals surface area contributed by atoms with Crippen LogP contribution in [0.5, 0.6) is 5.75 Å². The number of rotatable bonds is 5. The van der Waals surface area contributed by atoms with Crippen LogP contribution in [0.1, 0.15) is 21.5 Å². The normalized spacial score (nSPS) is 13.0. The fourth-order valence-corrected chi connectivity index (χ4v) is 3.23. The van der Waals surface area contributed by atoms with Crippen LogP contribution in [0.3, 0.4) is 0 Å². The molecule has 3 aromatic rings. The van der Waals surface area contributed by atoms with E-state index in [4.69, 9.17) is 11.1 Å². The Bertz CT molecular complexity index is 1130. The van der Waals surface area contributed by atoms with E-state index in [0.717, 1.165) is 5.39 Å². The molecule has 0 aliphatic carbocycles. The molecule has 1 amide bonds. The SMILES string of the molecule is N=C(N)c1ccc(O)c(CNc2ncnc3cc(C(=O)N4CC=CC4)ccc23)c1.